The van der Waals surface area contributed by atoms with Crippen molar-refractivity contribution in [3.63, 3.8) is 0 Å². The Kier molecular flexibility index (Phi) is 12.2. The summed E-state index contributed by atoms with van der Waals surface area (Å²) in [6, 6.07) is 0. The molecular weight excluding hydrogens is 272 g/mol. The highest BCUT2D eigenvalue weighted by molar-refractivity contribution is 4.74. The third kappa shape index (κ3) is 14.5. The zero-order valence-electron chi connectivity index (χ0n) is 14.0. The minimum atomic E-state index is -0.352. The summed E-state index contributed by atoms with van der Waals surface area (Å²) >= 11 is 0. The van der Waals surface area contributed by atoms with Crippen molar-refractivity contribution in [2.24, 2.45) is 5.41 Å². The minimum absolute atomic E-state index is 0.0937. The van der Waals surface area contributed by atoms with Gasteiger partial charge in [0.25, 0.3) is 0 Å². The fraction of sp³-hybridized carbons (Fsp3) is 1.00. The molecule has 0 aromatic heterocycles. The molecule has 0 aliphatic carbocycles. The summed E-state index contributed by atoms with van der Waals surface area (Å²) in [7, 11) is 0. The van der Waals surface area contributed by atoms with Gasteiger partial charge >= 0.3 is 0 Å². The SMILES string of the molecule is CC(O)CNCCOCCOCCNCC(O)C(C)(C)C. The van der Waals surface area contributed by atoms with Crippen LogP contribution in [-0.2, 0) is 9.47 Å². The van der Waals surface area contributed by atoms with Crippen molar-refractivity contribution in [3.05, 3.63) is 0 Å². The van der Waals surface area contributed by atoms with Crippen LogP contribution in [0, 0.1) is 5.41 Å². The molecule has 6 nitrogen and oxygen atoms in total. The molecule has 0 fully saturated rings. The van der Waals surface area contributed by atoms with E-state index in [1.54, 1.807) is 6.92 Å². The quantitative estimate of drug-likeness (QED) is 0.358. The molecule has 0 amide bonds. The summed E-state index contributed by atoms with van der Waals surface area (Å²) in [6.45, 7) is 12.8. The fourth-order valence-electron chi connectivity index (χ4n) is 1.47. The van der Waals surface area contributed by atoms with Crippen LogP contribution in [0.1, 0.15) is 27.7 Å². The zero-order valence-corrected chi connectivity index (χ0v) is 14.0. The predicted molar refractivity (Wildman–Crippen MR) is 84.5 cm³/mol. The lowest BCUT2D eigenvalue weighted by atomic mass is 9.89. The standard InChI is InChI=1S/C15H34N2O4/c1-13(18)11-16-5-7-20-9-10-21-8-6-17-12-14(19)15(2,3)4/h13-14,16-19H,5-12H2,1-4H3. The van der Waals surface area contributed by atoms with Gasteiger partial charge < -0.3 is 30.3 Å². The van der Waals surface area contributed by atoms with Crippen LogP contribution in [0.4, 0.5) is 0 Å². The monoisotopic (exact) mass is 306 g/mol. The lowest BCUT2D eigenvalue weighted by Gasteiger charge is -2.25. The van der Waals surface area contributed by atoms with Crippen LogP contribution in [0.3, 0.4) is 0 Å². The number of hydrogen-bond donors (Lipinski definition) is 4. The van der Waals surface area contributed by atoms with E-state index in [2.05, 4.69) is 10.6 Å². The number of nitrogens with one attached hydrogen (secondary N) is 2. The number of hydrogen-bond acceptors (Lipinski definition) is 6. The van der Waals surface area contributed by atoms with E-state index in [4.69, 9.17) is 14.6 Å². The van der Waals surface area contributed by atoms with E-state index in [0.29, 0.717) is 39.5 Å². The molecular formula is C15H34N2O4. The Bertz CT molecular complexity index is 232. The number of rotatable bonds is 13. The molecule has 4 N–H and O–H groups in total. The lowest BCUT2D eigenvalue weighted by Crippen LogP contribution is -2.37. The van der Waals surface area contributed by atoms with Crippen molar-refractivity contribution >= 4 is 0 Å². The number of aliphatic hydroxyl groups excluding tert-OH is 2. The largest absolute Gasteiger partial charge is 0.392 e. The first-order chi connectivity index (χ1) is 9.84. The molecule has 0 saturated carbocycles. The maximum absolute atomic E-state index is 9.82. The Labute approximate surface area is 129 Å². The molecule has 6 heteroatoms. The van der Waals surface area contributed by atoms with Gasteiger partial charge in [-0.15, -0.1) is 0 Å². The molecule has 0 spiro atoms. The molecule has 0 aliphatic rings. The second-order valence-corrected chi connectivity index (χ2v) is 6.36. The van der Waals surface area contributed by atoms with E-state index in [0.717, 1.165) is 13.1 Å². The van der Waals surface area contributed by atoms with E-state index in [1.807, 2.05) is 20.8 Å². The molecule has 0 bridgehead atoms. The van der Waals surface area contributed by atoms with Crippen LogP contribution in [0.15, 0.2) is 0 Å². The van der Waals surface area contributed by atoms with Crippen LogP contribution in [0.2, 0.25) is 0 Å². The summed E-state index contributed by atoms with van der Waals surface area (Å²) in [6.07, 6.45) is -0.674. The van der Waals surface area contributed by atoms with Gasteiger partial charge in [0.2, 0.25) is 0 Å². The van der Waals surface area contributed by atoms with E-state index in [9.17, 15) is 5.11 Å². The van der Waals surface area contributed by atoms with Crippen molar-refractivity contribution in [2.75, 3.05) is 52.6 Å². The predicted octanol–water partition coefficient (Wildman–Crippen LogP) is -0.0134. The minimum Gasteiger partial charge on any atom is -0.392 e. The molecule has 0 saturated heterocycles. The van der Waals surface area contributed by atoms with Gasteiger partial charge in [0, 0.05) is 26.2 Å². The van der Waals surface area contributed by atoms with Gasteiger partial charge in [-0.1, -0.05) is 20.8 Å². The molecule has 0 radical (unpaired) electrons. The van der Waals surface area contributed by atoms with Gasteiger partial charge in [-0.25, -0.2) is 0 Å². The highest BCUT2D eigenvalue weighted by Gasteiger charge is 2.20. The Balaban J connectivity index is 3.16. The summed E-state index contributed by atoms with van der Waals surface area (Å²) in [5.74, 6) is 0. The van der Waals surface area contributed by atoms with Gasteiger partial charge in [-0.2, -0.15) is 0 Å². The number of ether oxygens (including phenoxy) is 2. The van der Waals surface area contributed by atoms with Gasteiger partial charge in [-0.3, -0.25) is 0 Å². The van der Waals surface area contributed by atoms with Crippen molar-refractivity contribution < 1.29 is 19.7 Å². The first-order valence-electron chi connectivity index (χ1n) is 7.77. The highest BCUT2D eigenvalue weighted by Crippen LogP contribution is 2.17. The first-order valence-corrected chi connectivity index (χ1v) is 7.77. The normalized spacial score (nSPS) is 15.1. The van der Waals surface area contributed by atoms with Gasteiger partial charge in [-0.05, 0) is 12.3 Å². The summed E-state index contributed by atoms with van der Waals surface area (Å²) < 4.78 is 10.8. The summed E-state index contributed by atoms with van der Waals surface area (Å²) in [5.41, 5.74) is -0.0937. The van der Waals surface area contributed by atoms with Crippen LogP contribution < -0.4 is 10.6 Å². The molecule has 0 heterocycles. The van der Waals surface area contributed by atoms with Crippen LogP contribution >= 0.6 is 0 Å². The van der Waals surface area contributed by atoms with Crippen molar-refractivity contribution in [3.8, 4) is 0 Å². The smallest absolute Gasteiger partial charge is 0.0712 e. The third-order valence-corrected chi connectivity index (χ3v) is 3.00. The Morgan fingerprint density at radius 2 is 1.33 bits per heavy atom. The zero-order chi connectivity index (χ0) is 16.1. The average molecular weight is 306 g/mol. The van der Waals surface area contributed by atoms with Crippen LogP contribution in [0.5, 0.6) is 0 Å². The van der Waals surface area contributed by atoms with Crippen molar-refractivity contribution in [2.45, 2.75) is 39.9 Å². The topological polar surface area (TPSA) is 83.0 Å². The van der Waals surface area contributed by atoms with Crippen molar-refractivity contribution in [1.82, 2.24) is 10.6 Å². The van der Waals surface area contributed by atoms with Crippen LogP contribution in [0.25, 0.3) is 0 Å². The fourth-order valence-corrected chi connectivity index (χ4v) is 1.47. The third-order valence-electron chi connectivity index (χ3n) is 3.00. The maximum atomic E-state index is 9.82. The molecule has 21 heavy (non-hydrogen) atoms. The average Bonchev–Trinajstić information content (AvgIpc) is 2.38. The first kappa shape index (κ1) is 20.8. The highest BCUT2D eigenvalue weighted by atomic mass is 16.5. The second kappa shape index (κ2) is 12.3. The van der Waals surface area contributed by atoms with E-state index >= 15 is 0 Å². The Morgan fingerprint density at radius 1 is 0.857 bits per heavy atom. The summed E-state index contributed by atoms with van der Waals surface area (Å²) in [4.78, 5) is 0. The van der Waals surface area contributed by atoms with E-state index < -0.39 is 0 Å². The van der Waals surface area contributed by atoms with Crippen LogP contribution in [-0.4, -0.2) is 75.0 Å². The second-order valence-electron chi connectivity index (χ2n) is 6.36. The van der Waals surface area contributed by atoms with Gasteiger partial charge in [0.15, 0.2) is 0 Å². The van der Waals surface area contributed by atoms with Gasteiger partial charge in [0.05, 0.1) is 38.6 Å². The summed E-state index contributed by atoms with van der Waals surface area (Å²) in [5, 5.41) is 25.1. The molecule has 0 aromatic rings. The molecule has 128 valence electrons. The molecule has 0 rings (SSSR count). The van der Waals surface area contributed by atoms with E-state index in [1.165, 1.54) is 0 Å². The molecule has 2 unspecified atom stereocenters. The lowest BCUT2D eigenvalue weighted by molar-refractivity contribution is 0.0427. The Hall–Kier alpha value is -0.240. The van der Waals surface area contributed by atoms with Gasteiger partial charge in [0.1, 0.15) is 0 Å². The Morgan fingerprint density at radius 3 is 1.76 bits per heavy atom. The molecule has 0 aliphatic heterocycles. The number of aliphatic hydroxyl groups is 2. The maximum Gasteiger partial charge on any atom is 0.0712 e. The molecule has 0 aromatic carbocycles. The van der Waals surface area contributed by atoms with Crippen molar-refractivity contribution in [1.29, 1.82) is 0 Å². The van der Waals surface area contributed by atoms with E-state index in [-0.39, 0.29) is 17.6 Å². The molecule has 2 atom stereocenters.